The van der Waals surface area contributed by atoms with Gasteiger partial charge in [0.15, 0.2) is 0 Å². The summed E-state index contributed by atoms with van der Waals surface area (Å²) in [7, 11) is 0. The van der Waals surface area contributed by atoms with Gasteiger partial charge in [0, 0.05) is 18.5 Å². The van der Waals surface area contributed by atoms with Crippen molar-refractivity contribution in [1.82, 2.24) is 4.90 Å². The zero-order valence-electron chi connectivity index (χ0n) is 10.2. The Kier molecular flexibility index (Phi) is 3.38. The number of likely N-dealkylation sites (tertiary alicyclic amines) is 1. The minimum Gasteiger partial charge on any atom is -0.368 e. The molecule has 2 rings (SSSR count). The predicted molar refractivity (Wildman–Crippen MR) is 63.9 cm³/mol. The maximum Gasteiger partial charge on any atom is 0.240 e. The Morgan fingerprint density at radius 2 is 1.88 bits per heavy atom. The minimum atomic E-state index is -0.410. The van der Waals surface area contributed by atoms with Gasteiger partial charge in [-0.15, -0.1) is 0 Å². The van der Waals surface area contributed by atoms with E-state index in [0.717, 1.165) is 32.1 Å². The monoisotopic (exact) mass is 239 g/mol. The van der Waals surface area contributed by atoms with Gasteiger partial charge >= 0.3 is 0 Å². The molecule has 5 heteroatoms. The summed E-state index contributed by atoms with van der Waals surface area (Å²) < 4.78 is 0. The lowest BCUT2D eigenvalue weighted by molar-refractivity contribution is -0.138. The van der Waals surface area contributed by atoms with Gasteiger partial charge in [0.1, 0.15) is 6.04 Å². The van der Waals surface area contributed by atoms with Gasteiger partial charge in [0.25, 0.3) is 0 Å². The molecule has 1 atom stereocenters. The van der Waals surface area contributed by atoms with Gasteiger partial charge in [-0.05, 0) is 25.7 Å². The predicted octanol–water partition coefficient (Wildman–Crippen LogP) is 0.124. The van der Waals surface area contributed by atoms with Crippen LogP contribution in [0.15, 0.2) is 0 Å². The average molecular weight is 239 g/mol. The van der Waals surface area contributed by atoms with Gasteiger partial charge in [0.05, 0.1) is 0 Å². The lowest BCUT2D eigenvalue weighted by Crippen LogP contribution is -2.48. The van der Waals surface area contributed by atoms with E-state index in [-0.39, 0.29) is 11.4 Å². The Morgan fingerprint density at radius 1 is 1.24 bits per heavy atom. The Bertz CT molecular complexity index is 324. The molecule has 0 spiro atoms. The molecule has 2 aliphatic rings. The van der Waals surface area contributed by atoms with E-state index in [0.29, 0.717) is 19.4 Å². The van der Waals surface area contributed by atoms with E-state index < -0.39 is 11.9 Å². The van der Waals surface area contributed by atoms with Crippen molar-refractivity contribution >= 4 is 11.8 Å². The summed E-state index contributed by atoms with van der Waals surface area (Å²) in [5.41, 5.74) is 11.1. The van der Waals surface area contributed by atoms with E-state index in [1.54, 1.807) is 4.90 Å². The fourth-order valence-corrected chi connectivity index (χ4v) is 3.02. The van der Waals surface area contributed by atoms with Crippen molar-refractivity contribution in [2.45, 2.75) is 56.5 Å². The first-order valence-corrected chi connectivity index (χ1v) is 6.39. The number of nitrogens with two attached hydrogens (primary N) is 2. The summed E-state index contributed by atoms with van der Waals surface area (Å²) in [6, 6.07) is -0.410. The molecule has 1 aliphatic carbocycles. The molecule has 17 heavy (non-hydrogen) atoms. The minimum absolute atomic E-state index is 0.00398. The Balaban J connectivity index is 1.97. The van der Waals surface area contributed by atoms with Crippen LogP contribution in [0.4, 0.5) is 0 Å². The molecule has 2 amide bonds. The Labute approximate surface area is 102 Å². The van der Waals surface area contributed by atoms with Crippen molar-refractivity contribution in [2.75, 3.05) is 6.54 Å². The number of carbonyl (C=O) groups is 2. The van der Waals surface area contributed by atoms with Crippen LogP contribution >= 0.6 is 0 Å². The van der Waals surface area contributed by atoms with Gasteiger partial charge in [0.2, 0.25) is 11.8 Å². The maximum absolute atomic E-state index is 12.2. The second kappa shape index (κ2) is 4.64. The highest BCUT2D eigenvalue weighted by Gasteiger charge is 2.38. The topological polar surface area (TPSA) is 89.4 Å². The number of rotatable bonds is 3. The van der Waals surface area contributed by atoms with Gasteiger partial charge < -0.3 is 16.4 Å². The van der Waals surface area contributed by atoms with Crippen LogP contribution in [0.5, 0.6) is 0 Å². The fraction of sp³-hybridized carbons (Fsp3) is 0.833. The van der Waals surface area contributed by atoms with Crippen molar-refractivity contribution < 1.29 is 9.59 Å². The molecule has 96 valence electrons. The van der Waals surface area contributed by atoms with E-state index in [1.165, 1.54) is 0 Å². The van der Waals surface area contributed by atoms with Crippen molar-refractivity contribution in [1.29, 1.82) is 0 Å². The van der Waals surface area contributed by atoms with Crippen molar-refractivity contribution in [3.63, 3.8) is 0 Å². The van der Waals surface area contributed by atoms with Gasteiger partial charge in [-0.1, -0.05) is 12.8 Å². The molecule has 0 aromatic heterocycles. The molecule has 0 aromatic carbocycles. The van der Waals surface area contributed by atoms with Crippen LogP contribution in [-0.4, -0.2) is 34.8 Å². The summed E-state index contributed by atoms with van der Waals surface area (Å²) in [4.78, 5) is 25.0. The molecule has 1 saturated carbocycles. The summed E-state index contributed by atoms with van der Waals surface area (Å²) in [5.74, 6) is -0.399. The third-order valence-corrected chi connectivity index (χ3v) is 4.00. The van der Waals surface area contributed by atoms with Gasteiger partial charge in [-0.25, -0.2) is 0 Å². The van der Waals surface area contributed by atoms with Gasteiger partial charge in [-0.3, -0.25) is 9.59 Å². The summed E-state index contributed by atoms with van der Waals surface area (Å²) >= 11 is 0. The highest BCUT2D eigenvalue weighted by Crippen LogP contribution is 2.31. The molecule has 1 heterocycles. The molecule has 0 aromatic rings. The SMILES string of the molecule is NC(=O)C1CCCN1C(=O)CC1(N)CCCC1. The van der Waals surface area contributed by atoms with Crippen molar-refractivity contribution in [3.05, 3.63) is 0 Å². The largest absolute Gasteiger partial charge is 0.368 e. The van der Waals surface area contributed by atoms with E-state index >= 15 is 0 Å². The Morgan fingerprint density at radius 3 is 2.47 bits per heavy atom. The third kappa shape index (κ3) is 2.60. The van der Waals surface area contributed by atoms with Gasteiger partial charge in [-0.2, -0.15) is 0 Å². The Hall–Kier alpha value is -1.10. The zero-order valence-corrected chi connectivity index (χ0v) is 10.2. The maximum atomic E-state index is 12.2. The first-order chi connectivity index (χ1) is 8.02. The van der Waals surface area contributed by atoms with Crippen LogP contribution in [0.1, 0.15) is 44.9 Å². The lowest BCUT2D eigenvalue weighted by Gasteiger charge is -2.28. The molecule has 0 radical (unpaired) electrons. The smallest absolute Gasteiger partial charge is 0.240 e. The number of hydrogen-bond donors (Lipinski definition) is 2. The molecule has 1 aliphatic heterocycles. The van der Waals surface area contributed by atoms with Crippen LogP contribution in [0.3, 0.4) is 0 Å². The standard InChI is InChI=1S/C12H21N3O2/c13-11(17)9-4-3-7-15(9)10(16)8-12(14)5-1-2-6-12/h9H,1-8,14H2,(H2,13,17). The normalized spacial score (nSPS) is 27.4. The quantitative estimate of drug-likeness (QED) is 0.733. The van der Waals surface area contributed by atoms with Crippen LogP contribution in [0, 0.1) is 0 Å². The van der Waals surface area contributed by atoms with Crippen molar-refractivity contribution in [3.8, 4) is 0 Å². The molecule has 1 unspecified atom stereocenters. The lowest BCUT2D eigenvalue weighted by atomic mass is 9.94. The third-order valence-electron chi connectivity index (χ3n) is 4.00. The number of nitrogens with zero attached hydrogens (tertiary/aromatic N) is 1. The molecule has 5 nitrogen and oxygen atoms in total. The zero-order chi connectivity index (χ0) is 12.5. The molecular weight excluding hydrogens is 218 g/mol. The number of hydrogen-bond acceptors (Lipinski definition) is 3. The van der Waals surface area contributed by atoms with Crippen LogP contribution in [0.25, 0.3) is 0 Å². The molecule has 1 saturated heterocycles. The second-order valence-corrected chi connectivity index (χ2v) is 5.39. The summed E-state index contributed by atoms with van der Waals surface area (Å²) in [6.45, 7) is 0.641. The molecule has 4 N–H and O–H groups in total. The first kappa shape index (κ1) is 12.4. The number of carbonyl (C=O) groups excluding carboxylic acids is 2. The first-order valence-electron chi connectivity index (χ1n) is 6.39. The van der Waals surface area contributed by atoms with E-state index in [1.807, 2.05) is 0 Å². The average Bonchev–Trinajstić information content (AvgIpc) is 2.85. The molecule has 0 bridgehead atoms. The van der Waals surface area contributed by atoms with Crippen LogP contribution < -0.4 is 11.5 Å². The van der Waals surface area contributed by atoms with E-state index in [9.17, 15) is 9.59 Å². The fourth-order valence-electron chi connectivity index (χ4n) is 3.02. The molecule has 2 fully saturated rings. The number of primary amides is 1. The van der Waals surface area contributed by atoms with E-state index in [2.05, 4.69) is 0 Å². The van der Waals surface area contributed by atoms with E-state index in [4.69, 9.17) is 11.5 Å². The highest BCUT2D eigenvalue weighted by molar-refractivity contribution is 5.87. The van der Waals surface area contributed by atoms with Crippen LogP contribution in [-0.2, 0) is 9.59 Å². The highest BCUT2D eigenvalue weighted by atomic mass is 16.2. The summed E-state index contributed by atoms with van der Waals surface area (Å²) in [5, 5.41) is 0. The summed E-state index contributed by atoms with van der Waals surface area (Å²) in [6.07, 6.45) is 5.93. The van der Waals surface area contributed by atoms with Crippen molar-refractivity contribution in [2.24, 2.45) is 11.5 Å². The molecular formula is C12H21N3O2. The number of amides is 2. The second-order valence-electron chi connectivity index (χ2n) is 5.39. The van der Waals surface area contributed by atoms with Crippen LogP contribution in [0.2, 0.25) is 0 Å².